The predicted octanol–water partition coefficient (Wildman–Crippen LogP) is 5.09. The average Bonchev–Trinajstić information content (AvgIpc) is 2.48. The zero-order chi connectivity index (χ0) is 14.5. The van der Waals surface area contributed by atoms with E-state index in [2.05, 4.69) is 67.4 Å². The Morgan fingerprint density at radius 1 is 1.10 bits per heavy atom. The average molecular weight is 263 g/mol. The summed E-state index contributed by atoms with van der Waals surface area (Å²) < 4.78 is 0. The monoisotopic (exact) mass is 263 g/mol. The van der Waals surface area contributed by atoms with E-state index in [-0.39, 0.29) is 0 Å². The molecule has 0 atom stereocenters. The van der Waals surface area contributed by atoms with Crippen LogP contribution < -0.4 is 0 Å². The Morgan fingerprint density at radius 3 is 2.55 bits per heavy atom. The fourth-order valence-corrected chi connectivity index (χ4v) is 2.51. The molecular weight excluding hydrogens is 242 g/mol. The molecule has 0 N–H and O–H groups in total. The maximum absolute atomic E-state index is 4.49. The Kier molecular flexibility index (Phi) is 4.52. The molecule has 0 heterocycles. The van der Waals surface area contributed by atoms with Gasteiger partial charge >= 0.3 is 0 Å². The molecule has 0 amide bonds. The molecule has 0 radical (unpaired) electrons. The number of aliphatic imine (C=N–C) groups is 1. The summed E-state index contributed by atoms with van der Waals surface area (Å²) in [5, 5.41) is 2.57. The minimum absolute atomic E-state index is 1.06. The van der Waals surface area contributed by atoms with Crippen molar-refractivity contribution in [1.29, 1.82) is 0 Å². The van der Waals surface area contributed by atoms with Gasteiger partial charge in [0, 0.05) is 12.6 Å². The Morgan fingerprint density at radius 2 is 1.85 bits per heavy atom. The molecule has 0 aromatic heterocycles. The fraction of sp³-hybridized carbons (Fsp3) is 0.211. The molecule has 20 heavy (non-hydrogen) atoms. The van der Waals surface area contributed by atoms with E-state index in [1.165, 1.54) is 27.5 Å². The van der Waals surface area contributed by atoms with Crippen LogP contribution in [0.25, 0.3) is 10.8 Å². The largest absolute Gasteiger partial charge is 0.288 e. The standard InChI is InChI=1S/C19H21N/c1-5-6-9-14(2)19(20-4)18-13-12-16-10-7-8-11-17(16)15(18)3/h5-13H,1-4H3/b6-5-,14-9+,20-19?. The first-order valence-electron chi connectivity index (χ1n) is 6.94. The van der Waals surface area contributed by atoms with Crippen LogP contribution in [0.1, 0.15) is 25.0 Å². The van der Waals surface area contributed by atoms with Crippen LogP contribution in [0.2, 0.25) is 0 Å². The Balaban J connectivity index is 2.59. The van der Waals surface area contributed by atoms with Crippen molar-refractivity contribution in [1.82, 2.24) is 0 Å². The van der Waals surface area contributed by atoms with Crippen molar-refractivity contribution in [2.24, 2.45) is 4.99 Å². The van der Waals surface area contributed by atoms with Crippen molar-refractivity contribution in [2.45, 2.75) is 20.8 Å². The molecule has 0 saturated carbocycles. The highest BCUT2D eigenvalue weighted by molar-refractivity contribution is 6.15. The van der Waals surface area contributed by atoms with Crippen LogP contribution in [0, 0.1) is 6.92 Å². The molecule has 2 aromatic rings. The molecule has 0 aliphatic rings. The second kappa shape index (κ2) is 6.33. The molecule has 0 unspecified atom stereocenters. The van der Waals surface area contributed by atoms with Gasteiger partial charge in [0.15, 0.2) is 0 Å². The topological polar surface area (TPSA) is 12.4 Å². The maximum atomic E-state index is 4.49. The van der Waals surface area contributed by atoms with Gasteiger partial charge in [0.05, 0.1) is 5.71 Å². The molecule has 102 valence electrons. The van der Waals surface area contributed by atoms with Gasteiger partial charge in [-0.3, -0.25) is 4.99 Å². The number of allylic oxidation sites excluding steroid dienone is 4. The van der Waals surface area contributed by atoms with Gasteiger partial charge in [-0.05, 0) is 42.7 Å². The minimum Gasteiger partial charge on any atom is -0.288 e. The molecule has 2 rings (SSSR count). The van der Waals surface area contributed by atoms with E-state index in [1.54, 1.807) is 0 Å². The van der Waals surface area contributed by atoms with Gasteiger partial charge in [0.25, 0.3) is 0 Å². The van der Waals surface area contributed by atoms with Gasteiger partial charge in [0.2, 0.25) is 0 Å². The van der Waals surface area contributed by atoms with Gasteiger partial charge in [-0.25, -0.2) is 0 Å². The molecule has 0 aliphatic carbocycles. The van der Waals surface area contributed by atoms with Gasteiger partial charge < -0.3 is 0 Å². The molecule has 0 bridgehead atoms. The number of rotatable bonds is 3. The summed E-state index contributed by atoms with van der Waals surface area (Å²) in [6.07, 6.45) is 6.19. The van der Waals surface area contributed by atoms with Crippen molar-refractivity contribution < 1.29 is 0 Å². The zero-order valence-corrected chi connectivity index (χ0v) is 12.6. The third-order valence-electron chi connectivity index (χ3n) is 3.59. The third-order valence-corrected chi connectivity index (χ3v) is 3.59. The van der Waals surface area contributed by atoms with Crippen molar-refractivity contribution in [3.63, 3.8) is 0 Å². The van der Waals surface area contributed by atoms with Gasteiger partial charge in [-0.2, -0.15) is 0 Å². The van der Waals surface area contributed by atoms with E-state index in [1.807, 2.05) is 20.0 Å². The van der Waals surface area contributed by atoms with Crippen LogP contribution in [0.3, 0.4) is 0 Å². The number of fused-ring (bicyclic) bond motifs is 1. The summed E-state index contributed by atoms with van der Waals surface area (Å²) in [4.78, 5) is 4.49. The van der Waals surface area contributed by atoms with E-state index >= 15 is 0 Å². The lowest BCUT2D eigenvalue weighted by atomic mass is 9.94. The van der Waals surface area contributed by atoms with Crippen LogP contribution >= 0.6 is 0 Å². The lowest BCUT2D eigenvalue weighted by Crippen LogP contribution is -2.05. The van der Waals surface area contributed by atoms with Crippen LogP contribution in [0.5, 0.6) is 0 Å². The number of aryl methyl sites for hydroxylation is 1. The predicted molar refractivity (Wildman–Crippen MR) is 89.7 cm³/mol. The molecule has 0 spiro atoms. The van der Waals surface area contributed by atoms with Crippen molar-refractivity contribution in [3.8, 4) is 0 Å². The number of nitrogens with zero attached hydrogens (tertiary/aromatic N) is 1. The molecule has 0 aliphatic heterocycles. The number of hydrogen-bond acceptors (Lipinski definition) is 1. The Bertz CT molecular complexity index is 703. The zero-order valence-electron chi connectivity index (χ0n) is 12.6. The fourth-order valence-electron chi connectivity index (χ4n) is 2.51. The lowest BCUT2D eigenvalue weighted by Gasteiger charge is -2.12. The number of benzene rings is 2. The van der Waals surface area contributed by atoms with E-state index < -0.39 is 0 Å². The summed E-state index contributed by atoms with van der Waals surface area (Å²) >= 11 is 0. The normalized spacial score (nSPS) is 13.4. The van der Waals surface area contributed by atoms with E-state index in [0.29, 0.717) is 0 Å². The van der Waals surface area contributed by atoms with Gasteiger partial charge in [0.1, 0.15) is 0 Å². The first-order valence-corrected chi connectivity index (χ1v) is 6.94. The summed E-state index contributed by atoms with van der Waals surface area (Å²) in [5.74, 6) is 0. The Hall–Kier alpha value is -2.15. The SMILES string of the molecule is C/C=C\C=C(/C)C(=NC)c1ccc2ccccc2c1C. The molecular formula is C19H21N. The summed E-state index contributed by atoms with van der Waals surface area (Å²) in [6, 6.07) is 12.8. The second-order valence-electron chi connectivity index (χ2n) is 4.91. The summed E-state index contributed by atoms with van der Waals surface area (Å²) in [7, 11) is 1.86. The second-order valence-corrected chi connectivity index (χ2v) is 4.91. The Labute approximate surface area is 121 Å². The van der Waals surface area contributed by atoms with Crippen molar-refractivity contribution in [3.05, 3.63) is 71.3 Å². The van der Waals surface area contributed by atoms with Crippen molar-refractivity contribution in [2.75, 3.05) is 7.05 Å². The van der Waals surface area contributed by atoms with Crippen LogP contribution in [0.15, 0.2) is 65.2 Å². The van der Waals surface area contributed by atoms with E-state index in [4.69, 9.17) is 0 Å². The summed E-state index contributed by atoms with van der Waals surface area (Å²) in [6.45, 7) is 6.30. The minimum atomic E-state index is 1.06. The maximum Gasteiger partial charge on any atom is 0.0675 e. The smallest absolute Gasteiger partial charge is 0.0675 e. The van der Waals surface area contributed by atoms with Crippen LogP contribution in [-0.2, 0) is 0 Å². The van der Waals surface area contributed by atoms with Crippen molar-refractivity contribution >= 4 is 16.5 Å². The quantitative estimate of drug-likeness (QED) is 0.540. The first kappa shape index (κ1) is 14.3. The van der Waals surface area contributed by atoms with Crippen LogP contribution in [0.4, 0.5) is 0 Å². The van der Waals surface area contributed by atoms with E-state index in [0.717, 1.165) is 5.71 Å². The highest BCUT2D eigenvalue weighted by Gasteiger charge is 2.10. The number of hydrogen-bond donors (Lipinski definition) is 0. The van der Waals surface area contributed by atoms with Crippen LogP contribution in [-0.4, -0.2) is 12.8 Å². The molecule has 1 heteroatoms. The van der Waals surface area contributed by atoms with Gasteiger partial charge in [-0.1, -0.05) is 54.6 Å². The first-order chi connectivity index (χ1) is 9.69. The molecule has 0 saturated heterocycles. The highest BCUT2D eigenvalue weighted by atomic mass is 14.7. The highest BCUT2D eigenvalue weighted by Crippen LogP contribution is 2.24. The van der Waals surface area contributed by atoms with E-state index in [9.17, 15) is 0 Å². The third kappa shape index (κ3) is 2.72. The molecule has 1 nitrogen and oxygen atoms in total. The molecule has 2 aromatic carbocycles. The molecule has 0 fully saturated rings. The van der Waals surface area contributed by atoms with Gasteiger partial charge in [-0.15, -0.1) is 0 Å². The summed E-state index contributed by atoms with van der Waals surface area (Å²) in [5.41, 5.74) is 4.75. The lowest BCUT2D eigenvalue weighted by molar-refractivity contribution is 1.37.